The van der Waals surface area contributed by atoms with Gasteiger partial charge in [-0.05, 0) is 53.5 Å². The average Bonchev–Trinajstić information content (AvgIpc) is 2.80. The molecular weight excluding hydrogens is 270 g/mol. The van der Waals surface area contributed by atoms with Crippen LogP contribution in [0.5, 0.6) is 11.5 Å². The zero-order valence-corrected chi connectivity index (χ0v) is 10.9. The fourth-order valence-electron chi connectivity index (χ4n) is 1.81. The van der Waals surface area contributed by atoms with Crippen molar-refractivity contribution in [3.63, 3.8) is 0 Å². The second-order valence-electron chi connectivity index (χ2n) is 3.90. The molecule has 0 radical (unpaired) electrons. The fourth-order valence-corrected chi connectivity index (χ4v) is 2.29. The Bertz CT molecular complexity index is 351. The summed E-state index contributed by atoms with van der Waals surface area (Å²) < 4.78 is 11.8. The molecule has 0 aliphatic carbocycles. The van der Waals surface area contributed by atoms with Gasteiger partial charge >= 0.3 is 0 Å². The number of methoxy groups -OCH3 is 1. The third kappa shape index (κ3) is 2.89. The Hall–Kier alpha value is -0.740. The summed E-state index contributed by atoms with van der Waals surface area (Å²) in [5, 5.41) is 3.40. The minimum Gasteiger partial charge on any atom is -0.497 e. The highest BCUT2D eigenvalue weighted by atomic mass is 79.9. The molecular formula is C12H16BrNO2. The third-order valence-electron chi connectivity index (χ3n) is 2.74. The SMILES string of the molecule is COc1ccc(OCC2CCCN2)c(Br)c1. The van der Waals surface area contributed by atoms with Gasteiger partial charge in [-0.25, -0.2) is 0 Å². The van der Waals surface area contributed by atoms with E-state index in [0.29, 0.717) is 6.04 Å². The Morgan fingerprint density at radius 2 is 2.38 bits per heavy atom. The first kappa shape index (κ1) is 11.7. The third-order valence-corrected chi connectivity index (χ3v) is 3.36. The van der Waals surface area contributed by atoms with Crippen molar-refractivity contribution in [2.24, 2.45) is 0 Å². The molecule has 1 fully saturated rings. The number of hydrogen-bond acceptors (Lipinski definition) is 3. The Balaban J connectivity index is 1.93. The first-order valence-electron chi connectivity index (χ1n) is 5.49. The Morgan fingerprint density at radius 1 is 1.50 bits per heavy atom. The van der Waals surface area contributed by atoms with E-state index in [4.69, 9.17) is 9.47 Å². The summed E-state index contributed by atoms with van der Waals surface area (Å²) in [6.45, 7) is 1.84. The molecule has 1 aliphatic rings. The van der Waals surface area contributed by atoms with Crippen molar-refractivity contribution >= 4 is 15.9 Å². The lowest BCUT2D eigenvalue weighted by Gasteiger charge is -2.13. The van der Waals surface area contributed by atoms with E-state index in [1.165, 1.54) is 12.8 Å². The smallest absolute Gasteiger partial charge is 0.133 e. The molecule has 0 amide bonds. The predicted octanol–water partition coefficient (Wildman–Crippen LogP) is 2.59. The van der Waals surface area contributed by atoms with E-state index in [9.17, 15) is 0 Å². The van der Waals surface area contributed by atoms with E-state index in [1.807, 2.05) is 18.2 Å². The standard InChI is InChI=1S/C12H16BrNO2/c1-15-10-4-5-12(11(13)7-10)16-8-9-3-2-6-14-9/h4-5,7,9,14H,2-3,6,8H2,1H3. The van der Waals surface area contributed by atoms with E-state index < -0.39 is 0 Å². The number of rotatable bonds is 4. The van der Waals surface area contributed by atoms with Crippen LogP contribution < -0.4 is 14.8 Å². The normalized spacial score (nSPS) is 19.8. The molecule has 88 valence electrons. The van der Waals surface area contributed by atoms with E-state index in [1.54, 1.807) is 7.11 Å². The van der Waals surface area contributed by atoms with E-state index in [-0.39, 0.29) is 0 Å². The second-order valence-corrected chi connectivity index (χ2v) is 4.75. The molecule has 1 aromatic carbocycles. The number of halogens is 1. The maximum Gasteiger partial charge on any atom is 0.133 e. The number of ether oxygens (including phenoxy) is 2. The van der Waals surface area contributed by atoms with Crippen LogP contribution in [-0.2, 0) is 0 Å². The summed E-state index contributed by atoms with van der Waals surface area (Å²) in [6, 6.07) is 6.24. The van der Waals surface area contributed by atoms with Gasteiger partial charge in [-0.2, -0.15) is 0 Å². The maximum atomic E-state index is 5.76. The zero-order valence-electron chi connectivity index (χ0n) is 9.33. The highest BCUT2D eigenvalue weighted by molar-refractivity contribution is 9.10. The molecule has 3 nitrogen and oxygen atoms in total. The molecule has 1 aromatic rings. The van der Waals surface area contributed by atoms with Crippen LogP contribution in [0.2, 0.25) is 0 Å². The van der Waals surface area contributed by atoms with E-state index in [2.05, 4.69) is 21.2 Å². The van der Waals surface area contributed by atoms with Crippen molar-refractivity contribution in [2.45, 2.75) is 18.9 Å². The maximum absolute atomic E-state index is 5.76. The number of hydrogen-bond donors (Lipinski definition) is 1. The van der Waals surface area contributed by atoms with Gasteiger partial charge in [0.2, 0.25) is 0 Å². The van der Waals surface area contributed by atoms with Crippen LogP contribution in [0.1, 0.15) is 12.8 Å². The lowest BCUT2D eigenvalue weighted by atomic mass is 10.2. The molecule has 0 aromatic heterocycles. The highest BCUT2D eigenvalue weighted by Gasteiger charge is 2.15. The lowest BCUT2D eigenvalue weighted by molar-refractivity contribution is 0.275. The molecule has 16 heavy (non-hydrogen) atoms. The molecule has 0 saturated carbocycles. The Labute approximate surface area is 104 Å². The van der Waals surface area contributed by atoms with Gasteiger partial charge in [0, 0.05) is 6.04 Å². The van der Waals surface area contributed by atoms with Gasteiger partial charge < -0.3 is 14.8 Å². The van der Waals surface area contributed by atoms with Crippen molar-refractivity contribution in [3.05, 3.63) is 22.7 Å². The quantitative estimate of drug-likeness (QED) is 0.923. The van der Waals surface area contributed by atoms with Gasteiger partial charge in [-0.1, -0.05) is 0 Å². The highest BCUT2D eigenvalue weighted by Crippen LogP contribution is 2.29. The first-order chi connectivity index (χ1) is 7.79. The minimum absolute atomic E-state index is 0.494. The van der Waals surface area contributed by atoms with Crippen molar-refractivity contribution in [2.75, 3.05) is 20.3 Å². The molecule has 1 atom stereocenters. The molecule has 0 bridgehead atoms. The number of benzene rings is 1. The second kappa shape index (κ2) is 5.55. The van der Waals surface area contributed by atoms with Gasteiger partial charge in [-0.15, -0.1) is 0 Å². The summed E-state index contributed by atoms with van der Waals surface area (Å²) in [5.74, 6) is 1.70. The van der Waals surface area contributed by atoms with Crippen LogP contribution in [-0.4, -0.2) is 26.3 Å². The molecule has 0 spiro atoms. The van der Waals surface area contributed by atoms with Gasteiger partial charge in [0.25, 0.3) is 0 Å². The average molecular weight is 286 g/mol. The molecule has 1 saturated heterocycles. The van der Waals surface area contributed by atoms with Crippen LogP contribution in [0.25, 0.3) is 0 Å². The van der Waals surface area contributed by atoms with Crippen LogP contribution >= 0.6 is 15.9 Å². The van der Waals surface area contributed by atoms with Crippen molar-refractivity contribution in [1.29, 1.82) is 0 Å². The van der Waals surface area contributed by atoms with E-state index in [0.717, 1.165) is 29.1 Å². The summed E-state index contributed by atoms with van der Waals surface area (Å²) in [4.78, 5) is 0. The number of nitrogens with one attached hydrogen (secondary N) is 1. The Kier molecular flexibility index (Phi) is 4.07. The minimum atomic E-state index is 0.494. The molecule has 1 N–H and O–H groups in total. The summed E-state index contributed by atoms with van der Waals surface area (Å²) in [5.41, 5.74) is 0. The van der Waals surface area contributed by atoms with Gasteiger partial charge in [0.1, 0.15) is 18.1 Å². The first-order valence-corrected chi connectivity index (χ1v) is 6.28. The molecule has 4 heteroatoms. The molecule has 1 unspecified atom stereocenters. The van der Waals surface area contributed by atoms with Gasteiger partial charge in [-0.3, -0.25) is 0 Å². The monoisotopic (exact) mass is 285 g/mol. The molecule has 2 rings (SSSR count). The van der Waals surface area contributed by atoms with Crippen LogP contribution in [0.3, 0.4) is 0 Å². The Morgan fingerprint density at radius 3 is 3.00 bits per heavy atom. The van der Waals surface area contributed by atoms with Gasteiger partial charge in [0.05, 0.1) is 11.6 Å². The van der Waals surface area contributed by atoms with Crippen LogP contribution in [0.15, 0.2) is 22.7 Å². The summed E-state index contributed by atoms with van der Waals surface area (Å²) in [7, 11) is 1.66. The molecule has 1 aliphatic heterocycles. The zero-order chi connectivity index (χ0) is 11.4. The largest absolute Gasteiger partial charge is 0.497 e. The van der Waals surface area contributed by atoms with Crippen LogP contribution in [0.4, 0.5) is 0 Å². The molecule has 1 heterocycles. The topological polar surface area (TPSA) is 30.5 Å². The summed E-state index contributed by atoms with van der Waals surface area (Å²) in [6.07, 6.45) is 2.45. The fraction of sp³-hybridized carbons (Fsp3) is 0.500. The van der Waals surface area contributed by atoms with Gasteiger partial charge in [0.15, 0.2) is 0 Å². The van der Waals surface area contributed by atoms with Crippen molar-refractivity contribution < 1.29 is 9.47 Å². The van der Waals surface area contributed by atoms with E-state index >= 15 is 0 Å². The lowest BCUT2D eigenvalue weighted by Crippen LogP contribution is -2.28. The van der Waals surface area contributed by atoms with Crippen molar-refractivity contribution in [3.8, 4) is 11.5 Å². The van der Waals surface area contributed by atoms with Crippen LogP contribution in [0, 0.1) is 0 Å². The predicted molar refractivity (Wildman–Crippen MR) is 67.2 cm³/mol. The summed E-state index contributed by atoms with van der Waals surface area (Å²) >= 11 is 3.47. The van der Waals surface area contributed by atoms with Crippen molar-refractivity contribution in [1.82, 2.24) is 5.32 Å².